The first-order chi connectivity index (χ1) is 13.3. The predicted octanol–water partition coefficient (Wildman–Crippen LogP) is 2.59. The molecular formula is C20H25N7O. The summed E-state index contributed by atoms with van der Waals surface area (Å²) in [5, 5.41) is 16.3. The second-order valence-corrected chi connectivity index (χ2v) is 7.16. The van der Waals surface area contributed by atoms with Gasteiger partial charge in [0.25, 0.3) is 0 Å². The quantitative estimate of drug-likeness (QED) is 0.488. The molecule has 1 aromatic carbocycles. The largest absolute Gasteiger partial charge is 0.398 e. The molecule has 1 amide bonds. The number of pyridine rings is 1. The van der Waals surface area contributed by atoms with Crippen molar-refractivity contribution in [1.82, 2.24) is 20.1 Å². The van der Waals surface area contributed by atoms with Crippen molar-refractivity contribution in [1.29, 1.82) is 5.41 Å². The van der Waals surface area contributed by atoms with Crippen LogP contribution in [0, 0.1) is 5.41 Å². The van der Waals surface area contributed by atoms with Gasteiger partial charge in [0.2, 0.25) is 5.91 Å². The van der Waals surface area contributed by atoms with Gasteiger partial charge in [-0.1, -0.05) is 6.07 Å². The van der Waals surface area contributed by atoms with E-state index in [1.54, 1.807) is 4.68 Å². The second-order valence-electron chi connectivity index (χ2n) is 7.16. The van der Waals surface area contributed by atoms with Gasteiger partial charge in [0, 0.05) is 36.0 Å². The van der Waals surface area contributed by atoms with Gasteiger partial charge in [-0.15, -0.1) is 0 Å². The summed E-state index contributed by atoms with van der Waals surface area (Å²) in [6.45, 7) is 5.81. The lowest BCUT2D eigenvalue weighted by Gasteiger charge is -2.13. The van der Waals surface area contributed by atoms with Crippen LogP contribution in [-0.2, 0) is 4.79 Å². The molecule has 6 N–H and O–H groups in total. The third-order valence-corrected chi connectivity index (χ3v) is 4.48. The molecule has 0 radical (unpaired) electrons. The summed E-state index contributed by atoms with van der Waals surface area (Å²) in [5.41, 5.74) is 14.8. The van der Waals surface area contributed by atoms with E-state index >= 15 is 0 Å². The highest BCUT2D eigenvalue weighted by atomic mass is 16.1. The van der Waals surface area contributed by atoms with E-state index in [1.165, 1.54) is 6.08 Å². The van der Waals surface area contributed by atoms with E-state index in [1.807, 2.05) is 45.2 Å². The molecule has 146 valence electrons. The van der Waals surface area contributed by atoms with Crippen LogP contribution in [0.15, 0.2) is 30.5 Å². The van der Waals surface area contributed by atoms with Crippen LogP contribution in [-0.4, -0.2) is 32.9 Å². The number of carbonyl (C=O) groups is 1. The summed E-state index contributed by atoms with van der Waals surface area (Å²) in [6, 6.07) is 5.58. The Morgan fingerprint density at radius 2 is 2.07 bits per heavy atom. The zero-order valence-electron chi connectivity index (χ0n) is 16.2. The smallest absolute Gasteiger partial charge is 0.222 e. The summed E-state index contributed by atoms with van der Waals surface area (Å²) in [4.78, 5) is 16.5. The minimum atomic E-state index is -0.119. The molecule has 2 heterocycles. The third-order valence-electron chi connectivity index (χ3n) is 4.48. The minimum absolute atomic E-state index is 0.0175. The Morgan fingerprint density at radius 1 is 1.32 bits per heavy atom. The molecule has 1 unspecified atom stereocenters. The van der Waals surface area contributed by atoms with Crippen molar-refractivity contribution in [3.05, 3.63) is 36.0 Å². The molecule has 0 aliphatic heterocycles. The number of hydrogen-bond acceptors (Lipinski definition) is 6. The normalized spacial score (nSPS) is 13.2. The molecule has 0 bridgehead atoms. The van der Waals surface area contributed by atoms with E-state index < -0.39 is 0 Å². The van der Waals surface area contributed by atoms with E-state index in [9.17, 15) is 4.79 Å². The maximum atomic E-state index is 12.1. The summed E-state index contributed by atoms with van der Waals surface area (Å²) < 4.78 is 1.76. The first-order valence-electron chi connectivity index (χ1n) is 9.14. The van der Waals surface area contributed by atoms with Crippen LogP contribution in [0.1, 0.15) is 38.8 Å². The van der Waals surface area contributed by atoms with Crippen molar-refractivity contribution in [2.45, 2.75) is 39.3 Å². The first-order valence-corrected chi connectivity index (χ1v) is 9.14. The molecule has 0 aliphatic carbocycles. The third kappa shape index (κ3) is 3.80. The van der Waals surface area contributed by atoms with Gasteiger partial charge in [-0.05, 0) is 44.5 Å². The SMILES string of the molecule is CC(C)NC(=O)CC(C)n1cc2c(N)nc3cc(C(N)=CC=N)ccc3c2n1. The van der Waals surface area contributed by atoms with Crippen LogP contribution >= 0.6 is 0 Å². The fourth-order valence-electron chi connectivity index (χ4n) is 3.13. The Kier molecular flexibility index (Phi) is 5.30. The molecular weight excluding hydrogens is 354 g/mol. The van der Waals surface area contributed by atoms with Crippen molar-refractivity contribution in [3.8, 4) is 0 Å². The van der Waals surface area contributed by atoms with Crippen LogP contribution in [0.4, 0.5) is 5.82 Å². The summed E-state index contributed by atoms with van der Waals surface area (Å²) in [7, 11) is 0. The number of fused-ring (bicyclic) bond motifs is 3. The standard InChI is InChI=1S/C20H25N7O/c1-11(2)24-18(28)8-12(3)27-10-15-19(26-27)14-5-4-13(16(22)6-7-21)9-17(14)25-20(15)23/h4-7,9-12,21H,8,22H2,1-3H3,(H2,23,25)(H,24,28). The van der Waals surface area contributed by atoms with Gasteiger partial charge in [-0.2, -0.15) is 5.10 Å². The van der Waals surface area contributed by atoms with Gasteiger partial charge in [0.1, 0.15) is 11.3 Å². The average Bonchev–Trinajstić information content (AvgIpc) is 3.07. The molecule has 0 saturated heterocycles. The number of nitrogens with zero attached hydrogens (tertiary/aromatic N) is 3. The Bertz CT molecular complexity index is 1080. The zero-order chi connectivity index (χ0) is 20.4. The molecule has 3 aromatic rings. The van der Waals surface area contributed by atoms with Gasteiger partial charge in [-0.3, -0.25) is 9.48 Å². The lowest BCUT2D eigenvalue weighted by atomic mass is 10.1. The summed E-state index contributed by atoms with van der Waals surface area (Å²) in [6.07, 6.45) is 4.82. The Morgan fingerprint density at radius 3 is 2.75 bits per heavy atom. The van der Waals surface area contributed by atoms with Crippen molar-refractivity contribution in [3.63, 3.8) is 0 Å². The number of hydrogen-bond donors (Lipinski definition) is 4. The average molecular weight is 379 g/mol. The van der Waals surface area contributed by atoms with Crippen LogP contribution in [0.2, 0.25) is 0 Å². The number of carbonyl (C=O) groups excluding carboxylic acids is 1. The van der Waals surface area contributed by atoms with E-state index in [-0.39, 0.29) is 18.0 Å². The first kappa shape index (κ1) is 19.3. The van der Waals surface area contributed by atoms with Crippen LogP contribution in [0.5, 0.6) is 0 Å². The number of aromatic nitrogens is 3. The van der Waals surface area contributed by atoms with E-state index in [4.69, 9.17) is 16.9 Å². The lowest BCUT2D eigenvalue weighted by Crippen LogP contribution is -2.31. The molecule has 0 saturated carbocycles. The second kappa shape index (κ2) is 7.67. The van der Waals surface area contributed by atoms with E-state index in [0.717, 1.165) is 28.1 Å². The topological polar surface area (TPSA) is 136 Å². The number of nitrogen functional groups attached to an aromatic ring is 1. The van der Waals surface area contributed by atoms with Crippen molar-refractivity contribution >= 4 is 45.4 Å². The summed E-state index contributed by atoms with van der Waals surface area (Å²) in [5.74, 6) is 0.357. The molecule has 28 heavy (non-hydrogen) atoms. The van der Waals surface area contributed by atoms with E-state index in [2.05, 4.69) is 15.4 Å². The molecule has 0 aliphatic rings. The van der Waals surface area contributed by atoms with Gasteiger partial charge < -0.3 is 22.2 Å². The van der Waals surface area contributed by atoms with Crippen LogP contribution < -0.4 is 16.8 Å². The number of rotatable bonds is 6. The molecule has 8 nitrogen and oxygen atoms in total. The number of amides is 1. The van der Waals surface area contributed by atoms with Gasteiger partial charge in [0.15, 0.2) is 0 Å². The minimum Gasteiger partial charge on any atom is -0.398 e. The van der Waals surface area contributed by atoms with Gasteiger partial charge in [-0.25, -0.2) is 4.98 Å². The Labute approximate surface area is 163 Å². The molecule has 2 aromatic heterocycles. The molecule has 3 rings (SSSR count). The fraction of sp³-hybridized carbons (Fsp3) is 0.300. The lowest BCUT2D eigenvalue weighted by molar-refractivity contribution is -0.122. The number of allylic oxidation sites excluding steroid dienone is 1. The van der Waals surface area contributed by atoms with Gasteiger partial charge >= 0.3 is 0 Å². The highest BCUT2D eigenvalue weighted by Gasteiger charge is 2.17. The zero-order valence-corrected chi connectivity index (χ0v) is 16.2. The monoisotopic (exact) mass is 379 g/mol. The molecule has 0 spiro atoms. The van der Waals surface area contributed by atoms with Crippen LogP contribution in [0.3, 0.4) is 0 Å². The van der Waals surface area contributed by atoms with Gasteiger partial charge in [0.05, 0.1) is 16.9 Å². The number of anilines is 1. The molecule has 8 heteroatoms. The van der Waals surface area contributed by atoms with Crippen molar-refractivity contribution in [2.24, 2.45) is 5.73 Å². The van der Waals surface area contributed by atoms with Crippen LogP contribution in [0.25, 0.3) is 27.5 Å². The molecule has 1 atom stereocenters. The summed E-state index contributed by atoms with van der Waals surface area (Å²) >= 11 is 0. The number of benzene rings is 1. The molecule has 0 fully saturated rings. The predicted molar refractivity (Wildman–Crippen MR) is 113 cm³/mol. The fourth-order valence-corrected chi connectivity index (χ4v) is 3.13. The van der Waals surface area contributed by atoms with Crippen molar-refractivity contribution in [2.75, 3.05) is 5.73 Å². The number of nitrogens with two attached hydrogens (primary N) is 2. The number of nitrogens with one attached hydrogen (secondary N) is 2. The van der Waals surface area contributed by atoms with Crippen molar-refractivity contribution < 1.29 is 4.79 Å². The maximum absolute atomic E-state index is 12.1. The highest BCUT2D eigenvalue weighted by molar-refractivity contribution is 6.08. The Balaban J connectivity index is 2.02. The van der Waals surface area contributed by atoms with E-state index in [0.29, 0.717) is 23.5 Å². The maximum Gasteiger partial charge on any atom is 0.222 e. The highest BCUT2D eigenvalue weighted by Crippen LogP contribution is 2.29. The Hall–Kier alpha value is -3.42.